The van der Waals surface area contributed by atoms with Crippen LogP contribution in [0.5, 0.6) is 11.6 Å². The van der Waals surface area contributed by atoms with E-state index in [-0.39, 0.29) is 11.8 Å². The molecule has 33 heavy (non-hydrogen) atoms. The normalized spacial score (nSPS) is 12.7. The zero-order valence-corrected chi connectivity index (χ0v) is 18.1. The van der Waals surface area contributed by atoms with E-state index in [0.29, 0.717) is 17.9 Å². The number of anilines is 1. The first-order valence-electron chi connectivity index (χ1n) is 11.0. The van der Waals surface area contributed by atoms with Gasteiger partial charge in [-0.05, 0) is 53.4 Å². The lowest BCUT2D eigenvalue weighted by Gasteiger charge is -2.29. The van der Waals surface area contributed by atoms with Crippen LogP contribution < -0.4 is 15.0 Å². The summed E-state index contributed by atoms with van der Waals surface area (Å²) in [6.45, 7) is 2.18. The molecular weight excluding hydrogens is 412 g/mol. The molecule has 0 bridgehead atoms. The average molecular weight is 437 g/mol. The van der Waals surface area contributed by atoms with Crippen LogP contribution in [0.2, 0.25) is 0 Å². The van der Waals surface area contributed by atoms with Gasteiger partial charge in [-0.2, -0.15) is 0 Å². The molecular formula is C27H24N4O2. The number of benzene rings is 2. The molecule has 1 amide bonds. The van der Waals surface area contributed by atoms with Crippen molar-refractivity contribution in [1.29, 1.82) is 0 Å². The molecule has 2 aromatic heterocycles. The standard InChI is InChI=1S/C27H24N4O2/c32-26(24-11-6-15-28-27(24)33-23-9-2-1-3-10-23)30-18-20-12-13-25(29-17-20)31-16-14-21-7-4-5-8-22(21)19-31/h1-13,15,17H,14,16,18-19H2,(H,30,32). The molecule has 6 heteroatoms. The Morgan fingerprint density at radius 3 is 2.55 bits per heavy atom. The van der Waals surface area contributed by atoms with Crippen LogP contribution in [-0.2, 0) is 19.5 Å². The highest BCUT2D eigenvalue weighted by atomic mass is 16.5. The summed E-state index contributed by atoms with van der Waals surface area (Å²) < 4.78 is 5.80. The number of nitrogens with zero attached hydrogens (tertiary/aromatic N) is 3. The summed E-state index contributed by atoms with van der Waals surface area (Å²) in [6, 6.07) is 25.3. The molecule has 1 aliphatic rings. The average Bonchev–Trinajstić information content (AvgIpc) is 2.88. The minimum atomic E-state index is -0.245. The Morgan fingerprint density at radius 2 is 1.73 bits per heavy atom. The Morgan fingerprint density at radius 1 is 0.909 bits per heavy atom. The van der Waals surface area contributed by atoms with Gasteiger partial charge < -0.3 is 15.0 Å². The van der Waals surface area contributed by atoms with Crippen LogP contribution in [-0.4, -0.2) is 22.4 Å². The second kappa shape index (κ2) is 9.53. The summed E-state index contributed by atoms with van der Waals surface area (Å²) in [6.07, 6.45) is 4.45. The second-order valence-corrected chi connectivity index (χ2v) is 7.92. The summed E-state index contributed by atoms with van der Waals surface area (Å²) in [7, 11) is 0. The molecule has 5 rings (SSSR count). The maximum Gasteiger partial charge on any atom is 0.257 e. The van der Waals surface area contributed by atoms with Crippen LogP contribution in [0, 0.1) is 0 Å². The van der Waals surface area contributed by atoms with E-state index < -0.39 is 0 Å². The van der Waals surface area contributed by atoms with Crippen molar-refractivity contribution >= 4 is 11.7 Å². The summed E-state index contributed by atoms with van der Waals surface area (Å²) in [5.41, 5.74) is 4.09. The zero-order valence-electron chi connectivity index (χ0n) is 18.1. The lowest BCUT2D eigenvalue weighted by molar-refractivity contribution is 0.0948. The van der Waals surface area contributed by atoms with Gasteiger partial charge in [0.2, 0.25) is 5.88 Å². The van der Waals surface area contributed by atoms with Crippen molar-refractivity contribution in [2.75, 3.05) is 11.4 Å². The molecule has 164 valence electrons. The number of carbonyl (C=O) groups is 1. The number of para-hydroxylation sites is 1. The molecule has 0 unspecified atom stereocenters. The number of carbonyl (C=O) groups excluding carboxylic acids is 1. The van der Waals surface area contributed by atoms with Crippen molar-refractivity contribution in [2.45, 2.75) is 19.5 Å². The molecule has 0 atom stereocenters. The van der Waals surface area contributed by atoms with Gasteiger partial charge in [0.1, 0.15) is 17.1 Å². The van der Waals surface area contributed by atoms with E-state index in [0.717, 1.165) is 30.9 Å². The third-order valence-electron chi connectivity index (χ3n) is 5.69. The van der Waals surface area contributed by atoms with Crippen LogP contribution in [0.15, 0.2) is 91.3 Å². The van der Waals surface area contributed by atoms with Crippen LogP contribution >= 0.6 is 0 Å². The number of nitrogens with one attached hydrogen (secondary N) is 1. The van der Waals surface area contributed by atoms with E-state index >= 15 is 0 Å². The Hall–Kier alpha value is -4.19. The fraction of sp³-hybridized carbons (Fsp3) is 0.148. The molecule has 0 aliphatic carbocycles. The molecule has 0 spiro atoms. The van der Waals surface area contributed by atoms with Gasteiger partial charge in [0.25, 0.3) is 5.91 Å². The van der Waals surface area contributed by atoms with E-state index in [4.69, 9.17) is 4.74 Å². The van der Waals surface area contributed by atoms with Crippen molar-refractivity contribution in [3.05, 3.63) is 114 Å². The number of fused-ring (bicyclic) bond motifs is 1. The van der Waals surface area contributed by atoms with Crippen LogP contribution in [0.1, 0.15) is 27.0 Å². The topological polar surface area (TPSA) is 67.4 Å². The van der Waals surface area contributed by atoms with Crippen LogP contribution in [0.4, 0.5) is 5.82 Å². The van der Waals surface area contributed by atoms with E-state index in [9.17, 15) is 4.79 Å². The van der Waals surface area contributed by atoms with Crippen molar-refractivity contribution in [1.82, 2.24) is 15.3 Å². The summed E-state index contributed by atoms with van der Waals surface area (Å²) in [4.78, 5) is 24.0. The Bertz CT molecular complexity index is 1240. The van der Waals surface area contributed by atoms with Gasteiger partial charge in [-0.15, -0.1) is 0 Å². The van der Waals surface area contributed by atoms with Gasteiger partial charge in [0, 0.05) is 32.0 Å². The number of ether oxygens (including phenoxy) is 1. The number of amides is 1. The van der Waals surface area contributed by atoms with Crippen LogP contribution in [0.3, 0.4) is 0 Å². The molecule has 0 fully saturated rings. The maximum atomic E-state index is 12.8. The molecule has 2 aromatic carbocycles. The van der Waals surface area contributed by atoms with Gasteiger partial charge in [-0.25, -0.2) is 9.97 Å². The second-order valence-electron chi connectivity index (χ2n) is 7.92. The molecule has 6 nitrogen and oxygen atoms in total. The lowest BCUT2D eigenvalue weighted by atomic mass is 10.00. The van der Waals surface area contributed by atoms with Crippen LogP contribution in [0.25, 0.3) is 0 Å². The van der Waals surface area contributed by atoms with Gasteiger partial charge >= 0.3 is 0 Å². The van der Waals surface area contributed by atoms with Gasteiger partial charge in [-0.1, -0.05) is 48.5 Å². The van der Waals surface area contributed by atoms with Crippen molar-refractivity contribution in [3.8, 4) is 11.6 Å². The quantitative estimate of drug-likeness (QED) is 0.472. The largest absolute Gasteiger partial charge is 0.438 e. The Balaban J connectivity index is 1.21. The number of pyridine rings is 2. The zero-order chi connectivity index (χ0) is 22.5. The fourth-order valence-corrected chi connectivity index (χ4v) is 3.92. The molecule has 1 aliphatic heterocycles. The van der Waals surface area contributed by atoms with E-state index in [1.807, 2.05) is 48.7 Å². The lowest BCUT2D eigenvalue weighted by Crippen LogP contribution is -2.31. The minimum Gasteiger partial charge on any atom is -0.438 e. The monoisotopic (exact) mass is 436 g/mol. The first kappa shape index (κ1) is 20.7. The summed E-state index contributed by atoms with van der Waals surface area (Å²) in [5, 5.41) is 2.94. The highest BCUT2D eigenvalue weighted by Crippen LogP contribution is 2.24. The highest BCUT2D eigenvalue weighted by molar-refractivity contribution is 5.96. The van der Waals surface area contributed by atoms with E-state index in [1.165, 1.54) is 11.1 Å². The summed E-state index contributed by atoms with van der Waals surface area (Å²) >= 11 is 0. The van der Waals surface area contributed by atoms with E-state index in [1.54, 1.807) is 18.3 Å². The molecule has 4 aromatic rings. The maximum absolute atomic E-state index is 12.8. The molecule has 0 saturated heterocycles. The molecule has 0 saturated carbocycles. The predicted molar refractivity (Wildman–Crippen MR) is 127 cm³/mol. The molecule has 0 radical (unpaired) electrons. The Kier molecular flexibility index (Phi) is 5.97. The first-order valence-corrected chi connectivity index (χ1v) is 11.0. The highest BCUT2D eigenvalue weighted by Gasteiger charge is 2.17. The van der Waals surface area contributed by atoms with Gasteiger partial charge in [0.05, 0.1) is 0 Å². The van der Waals surface area contributed by atoms with Gasteiger partial charge in [0.15, 0.2) is 0 Å². The predicted octanol–water partition coefficient (Wildman–Crippen LogP) is 4.76. The number of aromatic nitrogens is 2. The third-order valence-corrected chi connectivity index (χ3v) is 5.69. The molecule has 1 N–H and O–H groups in total. The van der Waals surface area contributed by atoms with Crippen molar-refractivity contribution in [3.63, 3.8) is 0 Å². The first-order chi connectivity index (χ1) is 16.3. The minimum absolute atomic E-state index is 0.245. The summed E-state index contributed by atoms with van der Waals surface area (Å²) in [5.74, 6) is 1.61. The van der Waals surface area contributed by atoms with E-state index in [2.05, 4.69) is 44.5 Å². The van der Waals surface area contributed by atoms with Crippen molar-refractivity contribution < 1.29 is 9.53 Å². The van der Waals surface area contributed by atoms with Crippen molar-refractivity contribution in [2.24, 2.45) is 0 Å². The van der Waals surface area contributed by atoms with Gasteiger partial charge in [-0.3, -0.25) is 4.79 Å². The third kappa shape index (κ3) is 4.85. The Labute approximate surface area is 192 Å². The number of hydrogen-bond donors (Lipinski definition) is 1. The smallest absolute Gasteiger partial charge is 0.257 e. The SMILES string of the molecule is O=C(NCc1ccc(N2CCc3ccccc3C2)nc1)c1cccnc1Oc1ccccc1. The number of hydrogen-bond acceptors (Lipinski definition) is 5. The number of rotatable bonds is 6. The molecule has 3 heterocycles. The fourth-order valence-electron chi connectivity index (χ4n) is 3.92.